The van der Waals surface area contributed by atoms with E-state index in [0.29, 0.717) is 0 Å². The molecule has 0 amide bonds. The maximum absolute atomic E-state index is 13.6. The van der Waals surface area contributed by atoms with Gasteiger partial charge in [-0.15, -0.1) is 0 Å². The van der Waals surface area contributed by atoms with E-state index in [2.05, 4.69) is 9.71 Å². The molecule has 16 heavy (non-hydrogen) atoms. The topological polar surface area (TPSA) is 59.1 Å². The minimum atomic E-state index is -3.44. The highest BCUT2D eigenvalue weighted by molar-refractivity contribution is 7.88. The normalized spacial score (nSPS) is 12.8. The van der Waals surface area contributed by atoms with Crippen molar-refractivity contribution in [2.45, 2.75) is 19.4 Å². The highest BCUT2D eigenvalue weighted by Crippen LogP contribution is 2.26. The SMILES string of the molecule is CC(C)(NS(C)(=O)=O)c1ccnc(Cl)c1F. The summed E-state index contributed by atoms with van der Waals surface area (Å²) >= 11 is 5.53. The van der Waals surface area contributed by atoms with Gasteiger partial charge in [-0.3, -0.25) is 0 Å². The lowest BCUT2D eigenvalue weighted by atomic mass is 9.96. The Balaban J connectivity index is 3.22. The first kappa shape index (κ1) is 13.3. The lowest BCUT2D eigenvalue weighted by molar-refractivity contribution is 0.447. The van der Waals surface area contributed by atoms with Crippen LogP contribution in [0.25, 0.3) is 0 Å². The molecule has 0 radical (unpaired) electrons. The summed E-state index contributed by atoms with van der Waals surface area (Å²) in [5.41, 5.74) is -0.928. The first-order chi connectivity index (χ1) is 7.13. The fraction of sp³-hybridized carbons (Fsp3) is 0.444. The molecule has 4 nitrogen and oxygen atoms in total. The Morgan fingerprint density at radius 1 is 1.50 bits per heavy atom. The van der Waals surface area contributed by atoms with Crippen molar-refractivity contribution in [3.63, 3.8) is 0 Å². The van der Waals surface area contributed by atoms with Crippen LogP contribution in [-0.2, 0) is 15.6 Å². The molecule has 0 saturated carbocycles. The number of sulfonamides is 1. The number of pyridine rings is 1. The molecule has 7 heteroatoms. The number of halogens is 2. The predicted octanol–water partition coefficient (Wildman–Crippen LogP) is 1.66. The maximum Gasteiger partial charge on any atom is 0.209 e. The summed E-state index contributed by atoms with van der Waals surface area (Å²) in [4.78, 5) is 3.56. The van der Waals surface area contributed by atoms with Crippen molar-refractivity contribution in [1.82, 2.24) is 9.71 Å². The molecule has 0 aliphatic heterocycles. The Bertz CT molecular complexity index is 502. The Kier molecular flexibility index (Phi) is 3.56. The summed E-state index contributed by atoms with van der Waals surface area (Å²) in [5.74, 6) is -0.717. The highest BCUT2D eigenvalue weighted by Gasteiger charge is 2.28. The molecule has 1 N–H and O–H groups in total. The summed E-state index contributed by atoms with van der Waals surface area (Å²) < 4.78 is 38.2. The van der Waals surface area contributed by atoms with Crippen LogP contribution in [0.15, 0.2) is 12.3 Å². The zero-order chi connectivity index (χ0) is 12.6. The first-order valence-corrected chi connectivity index (χ1v) is 6.70. The molecule has 0 fully saturated rings. The van der Waals surface area contributed by atoms with E-state index in [0.717, 1.165) is 6.26 Å². The molecule has 0 spiro atoms. The molecule has 0 unspecified atom stereocenters. The van der Waals surface area contributed by atoms with Gasteiger partial charge in [0.25, 0.3) is 0 Å². The lowest BCUT2D eigenvalue weighted by Crippen LogP contribution is -2.41. The number of aromatic nitrogens is 1. The van der Waals surface area contributed by atoms with Crippen LogP contribution in [0, 0.1) is 5.82 Å². The van der Waals surface area contributed by atoms with Crippen LogP contribution < -0.4 is 4.72 Å². The van der Waals surface area contributed by atoms with E-state index in [-0.39, 0.29) is 10.7 Å². The zero-order valence-electron chi connectivity index (χ0n) is 9.08. The van der Waals surface area contributed by atoms with Gasteiger partial charge in [-0.1, -0.05) is 11.6 Å². The molecule has 0 saturated heterocycles. The minimum Gasteiger partial charge on any atom is -0.242 e. The van der Waals surface area contributed by atoms with Crippen LogP contribution in [0.1, 0.15) is 19.4 Å². The molecule has 1 aromatic rings. The molecule has 1 rings (SSSR count). The molecule has 0 atom stereocenters. The molecule has 0 bridgehead atoms. The van der Waals surface area contributed by atoms with E-state index in [1.165, 1.54) is 12.3 Å². The second-order valence-corrected chi connectivity index (χ2v) is 6.07. The van der Waals surface area contributed by atoms with Crippen LogP contribution in [0.5, 0.6) is 0 Å². The Labute approximate surface area is 98.9 Å². The largest absolute Gasteiger partial charge is 0.242 e. The van der Waals surface area contributed by atoms with Gasteiger partial charge in [-0.25, -0.2) is 22.5 Å². The highest BCUT2D eigenvalue weighted by atomic mass is 35.5. The van der Waals surface area contributed by atoms with E-state index in [4.69, 9.17) is 11.6 Å². The summed E-state index contributed by atoms with van der Waals surface area (Å²) in [6.07, 6.45) is 2.34. The fourth-order valence-corrected chi connectivity index (χ4v) is 2.61. The van der Waals surface area contributed by atoms with Crippen LogP contribution >= 0.6 is 11.6 Å². The first-order valence-electron chi connectivity index (χ1n) is 4.43. The fourth-order valence-electron chi connectivity index (χ4n) is 1.42. The predicted molar refractivity (Wildman–Crippen MR) is 60.2 cm³/mol. The maximum atomic E-state index is 13.6. The number of hydrogen-bond acceptors (Lipinski definition) is 3. The number of nitrogens with zero attached hydrogens (tertiary/aromatic N) is 1. The van der Waals surface area contributed by atoms with Crippen LogP contribution in [-0.4, -0.2) is 19.7 Å². The molecule has 0 aliphatic rings. The van der Waals surface area contributed by atoms with Crippen molar-refractivity contribution in [3.05, 3.63) is 28.8 Å². The van der Waals surface area contributed by atoms with E-state index in [9.17, 15) is 12.8 Å². The molecular weight excluding hydrogens is 255 g/mol. The van der Waals surface area contributed by atoms with Gasteiger partial charge in [-0.2, -0.15) is 0 Å². The second-order valence-electron chi connectivity index (χ2n) is 3.96. The summed E-state index contributed by atoms with van der Waals surface area (Å²) in [7, 11) is -3.44. The Hall–Kier alpha value is -0.720. The molecule has 90 valence electrons. The number of rotatable bonds is 3. The van der Waals surface area contributed by atoms with Crippen LogP contribution in [0.2, 0.25) is 5.15 Å². The van der Waals surface area contributed by atoms with E-state index in [1.807, 2.05) is 0 Å². The zero-order valence-corrected chi connectivity index (χ0v) is 10.7. The van der Waals surface area contributed by atoms with Crippen molar-refractivity contribution >= 4 is 21.6 Å². The van der Waals surface area contributed by atoms with E-state index < -0.39 is 21.4 Å². The molecule has 1 heterocycles. The van der Waals surface area contributed by atoms with Gasteiger partial charge >= 0.3 is 0 Å². The van der Waals surface area contributed by atoms with Crippen molar-refractivity contribution in [1.29, 1.82) is 0 Å². The van der Waals surface area contributed by atoms with Crippen molar-refractivity contribution < 1.29 is 12.8 Å². The Morgan fingerprint density at radius 3 is 2.56 bits per heavy atom. The summed E-state index contributed by atoms with van der Waals surface area (Å²) in [5, 5.41) is -0.277. The van der Waals surface area contributed by atoms with Crippen molar-refractivity contribution in [3.8, 4) is 0 Å². The van der Waals surface area contributed by atoms with Crippen molar-refractivity contribution in [2.24, 2.45) is 0 Å². The standard InChI is InChI=1S/C9H12ClFN2O2S/c1-9(2,13-16(3,14)15)6-4-5-12-8(10)7(6)11/h4-5,13H,1-3H3. The quantitative estimate of drug-likeness (QED) is 0.847. The van der Waals surface area contributed by atoms with Gasteiger partial charge < -0.3 is 0 Å². The lowest BCUT2D eigenvalue weighted by Gasteiger charge is -2.25. The number of nitrogens with one attached hydrogen (secondary N) is 1. The molecule has 1 aromatic heterocycles. The van der Waals surface area contributed by atoms with Crippen LogP contribution in [0.3, 0.4) is 0 Å². The molecule has 0 aliphatic carbocycles. The van der Waals surface area contributed by atoms with Gasteiger partial charge in [0.05, 0.1) is 11.8 Å². The molecular formula is C9H12ClFN2O2S. The van der Waals surface area contributed by atoms with Gasteiger partial charge in [-0.05, 0) is 19.9 Å². The Morgan fingerprint density at radius 2 is 2.06 bits per heavy atom. The van der Waals surface area contributed by atoms with Gasteiger partial charge in [0, 0.05) is 11.8 Å². The van der Waals surface area contributed by atoms with E-state index >= 15 is 0 Å². The van der Waals surface area contributed by atoms with Gasteiger partial charge in [0.2, 0.25) is 10.0 Å². The minimum absolute atomic E-state index is 0.151. The second kappa shape index (κ2) is 4.27. The third-order valence-corrected chi connectivity index (χ3v) is 3.11. The summed E-state index contributed by atoms with van der Waals surface area (Å²) in [6, 6.07) is 1.39. The smallest absolute Gasteiger partial charge is 0.209 e. The third-order valence-electron chi connectivity index (χ3n) is 1.96. The third kappa shape index (κ3) is 3.13. The average Bonchev–Trinajstić information content (AvgIpc) is 2.05. The molecule has 0 aromatic carbocycles. The number of hydrogen-bond donors (Lipinski definition) is 1. The van der Waals surface area contributed by atoms with Gasteiger partial charge in [0.1, 0.15) is 0 Å². The van der Waals surface area contributed by atoms with Crippen LogP contribution in [0.4, 0.5) is 4.39 Å². The summed E-state index contributed by atoms with van der Waals surface area (Å²) in [6.45, 7) is 3.09. The van der Waals surface area contributed by atoms with Crippen molar-refractivity contribution in [2.75, 3.05) is 6.26 Å². The average molecular weight is 267 g/mol. The van der Waals surface area contributed by atoms with E-state index in [1.54, 1.807) is 13.8 Å². The van der Waals surface area contributed by atoms with Gasteiger partial charge in [0.15, 0.2) is 11.0 Å². The monoisotopic (exact) mass is 266 g/mol.